The molecule has 2 N–H and O–H groups in total. The maximum Gasteiger partial charge on any atom is 0.232 e. The molecule has 0 aliphatic rings. The number of nitrogens with zero attached hydrogens (tertiary/aromatic N) is 4. The zero-order valence-electron chi connectivity index (χ0n) is 18.4. The summed E-state index contributed by atoms with van der Waals surface area (Å²) in [6.07, 6.45) is 0. The second kappa shape index (κ2) is 12.1. The molecule has 2 rings (SSSR count). The zero-order chi connectivity index (χ0) is 20.6. The van der Waals surface area contributed by atoms with E-state index in [2.05, 4.69) is 89.6 Å². The molecule has 2 aromatic rings. The lowest BCUT2D eigenvalue weighted by molar-refractivity contribution is 0.219. The highest BCUT2D eigenvalue weighted by molar-refractivity contribution is 14.0. The Morgan fingerprint density at radius 1 is 1.14 bits per heavy atom. The van der Waals surface area contributed by atoms with Crippen LogP contribution in [0.15, 0.2) is 39.8 Å². The SMILES string of the molecule is CCN(CC)C(CNC(=NC)NCc1noc(C(C)(C)C)n1)c1ccccc1.I. The van der Waals surface area contributed by atoms with Crippen LogP contribution in [0.5, 0.6) is 0 Å². The Kier molecular flexibility index (Phi) is 10.6. The highest BCUT2D eigenvalue weighted by Gasteiger charge is 2.22. The van der Waals surface area contributed by atoms with Gasteiger partial charge in [-0.05, 0) is 18.7 Å². The number of hydrogen-bond acceptors (Lipinski definition) is 5. The van der Waals surface area contributed by atoms with Gasteiger partial charge in [0.05, 0.1) is 12.6 Å². The van der Waals surface area contributed by atoms with E-state index in [1.807, 2.05) is 6.07 Å². The van der Waals surface area contributed by atoms with Crippen molar-refractivity contribution in [3.8, 4) is 0 Å². The molecule has 0 aliphatic carbocycles. The Labute approximate surface area is 191 Å². The van der Waals surface area contributed by atoms with Crippen molar-refractivity contribution in [2.75, 3.05) is 26.7 Å². The third-order valence-electron chi connectivity index (χ3n) is 4.65. The Hall–Kier alpha value is -1.68. The van der Waals surface area contributed by atoms with Crippen LogP contribution in [0.25, 0.3) is 0 Å². The van der Waals surface area contributed by atoms with Gasteiger partial charge < -0.3 is 15.2 Å². The summed E-state index contributed by atoms with van der Waals surface area (Å²) in [5.74, 6) is 1.98. The number of rotatable bonds is 8. The molecule has 0 bridgehead atoms. The maximum absolute atomic E-state index is 5.34. The second-order valence-corrected chi connectivity index (χ2v) is 7.72. The molecule has 0 fully saturated rings. The van der Waals surface area contributed by atoms with Gasteiger partial charge in [-0.15, -0.1) is 24.0 Å². The van der Waals surface area contributed by atoms with Crippen molar-refractivity contribution in [3.63, 3.8) is 0 Å². The average molecular weight is 514 g/mol. The van der Waals surface area contributed by atoms with Crippen LogP contribution in [0.1, 0.15) is 57.9 Å². The van der Waals surface area contributed by atoms with Gasteiger partial charge >= 0.3 is 0 Å². The molecule has 1 aromatic heterocycles. The Morgan fingerprint density at radius 3 is 2.31 bits per heavy atom. The Balaban J connectivity index is 0.00000420. The van der Waals surface area contributed by atoms with Crippen molar-refractivity contribution < 1.29 is 4.52 Å². The van der Waals surface area contributed by atoms with Crippen molar-refractivity contribution in [2.45, 2.75) is 52.6 Å². The average Bonchev–Trinajstić information content (AvgIpc) is 3.17. The first-order valence-corrected chi connectivity index (χ1v) is 9.95. The highest BCUT2D eigenvalue weighted by Crippen LogP contribution is 2.20. The largest absolute Gasteiger partial charge is 0.354 e. The van der Waals surface area contributed by atoms with Crippen LogP contribution in [0.3, 0.4) is 0 Å². The van der Waals surface area contributed by atoms with Crippen molar-refractivity contribution in [3.05, 3.63) is 47.6 Å². The van der Waals surface area contributed by atoms with E-state index in [4.69, 9.17) is 4.52 Å². The molecule has 1 atom stereocenters. The maximum atomic E-state index is 5.34. The second-order valence-electron chi connectivity index (χ2n) is 7.72. The van der Waals surface area contributed by atoms with Crippen LogP contribution >= 0.6 is 24.0 Å². The van der Waals surface area contributed by atoms with Crippen LogP contribution < -0.4 is 10.6 Å². The van der Waals surface area contributed by atoms with E-state index in [9.17, 15) is 0 Å². The van der Waals surface area contributed by atoms with Gasteiger partial charge in [-0.3, -0.25) is 9.89 Å². The number of aromatic nitrogens is 2. The van der Waals surface area contributed by atoms with Crippen LogP contribution in [0, 0.1) is 0 Å². The summed E-state index contributed by atoms with van der Waals surface area (Å²) in [7, 11) is 1.76. The predicted octanol–water partition coefficient (Wildman–Crippen LogP) is 3.73. The highest BCUT2D eigenvalue weighted by atomic mass is 127. The number of aliphatic imine (C=N–C) groups is 1. The van der Waals surface area contributed by atoms with E-state index in [0.717, 1.165) is 25.6 Å². The Morgan fingerprint density at radius 2 is 1.79 bits per heavy atom. The van der Waals surface area contributed by atoms with Crippen LogP contribution in [0.4, 0.5) is 0 Å². The van der Waals surface area contributed by atoms with Gasteiger partial charge in [0.25, 0.3) is 0 Å². The lowest BCUT2D eigenvalue weighted by Crippen LogP contribution is -2.43. The normalized spacial score (nSPS) is 13.1. The molecule has 8 heteroatoms. The fourth-order valence-corrected chi connectivity index (χ4v) is 3.00. The topological polar surface area (TPSA) is 78.6 Å². The number of hydrogen-bond donors (Lipinski definition) is 2. The molecule has 0 saturated heterocycles. The zero-order valence-corrected chi connectivity index (χ0v) is 20.7. The molecule has 0 spiro atoms. The van der Waals surface area contributed by atoms with Crippen molar-refractivity contribution in [1.29, 1.82) is 0 Å². The molecule has 29 heavy (non-hydrogen) atoms. The lowest BCUT2D eigenvalue weighted by atomic mass is 9.97. The van der Waals surface area contributed by atoms with Gasteiger partial charge in [-0.25, -0.2) is 0 Å². The molecule has 1 unspecified atom stereocenters. The van der Waals surface area contributed by atoms with Crippen LogP contribution in [-0.4, -0.2) is 47.7 Å². The third-order valence-corrected chi connectivity index (χ3v) is 4.65. The third kappa shape index (κ3) is 7.58. The summed E-state index contributed by atoms with van der Waals surface area (Å²) in [5.41, 5.74) is 1.14. The minimum Gasteiger partial charge on any atom is -0.354 e. The van der Waals surface area contributed by atoms with Crippen LogP contribution in [0.2, 0.25) is 0 Å². The summed E-state index contributed by atoms with van der Waals surface area (Å²) in [6, 6.07) is 10.8. The van der Waals surface area contributed by atoms with Gasteiger partial charge in [0.2, 0.25) is 5.89 Å². The first-order valence-electron chi connectivity index (χ1n) is 9.95. The fourth-order valence-electron chi connectivity index (χ4n) is 3.00. The molecule has 0 aliphatic heterocycles. The first-order chi connectivity index (χ1) is 13.4. The van der Waals surface area contributed by atoms with Crippen molar-refractivity contribution in [1.82, 2.24) is 25.7 Å². The van der Waals surface area contributed by atoms with E-state index in [1.54, 1.807) is 7.05 Å². The minimum atomic E-state index is -0.155. The fraction of sp³-hybridized carbons (Fsp3) is 0.571. The molecular weight excluding hydrogens is 479 g/mol. The lowest BCUT2D eigenvalue weighted by Gasteiger charge is -2.30. The summed E-state index contributed by atoms with van der Waals surface area (Å²) in [5, 5.41) is 10.7. The van der Waals surface area contributed by atoms with Gasteiger partial charge in [-0.1, -0.05) is 70.1 Å². The quantitative estimate of drug-likeness (QED) is 0.318. The Bertz CT molecular complexity index is 737. The smallest absolute Gasteiger partial charge is 0.232 e. The number of benzene rings is 1. The standard InChI is InChI=1S/C21H34N6O.HI/c1-7-27(8-2)17(16-12-10-9-11-13-16)14-23-20(22-6)24-15-18-25-19(28-26-18)21(3,4)5;/h9-13,17H,7-8,14-15H2,1-6H3,(H2,22,23,24);1H. The molecule has 0 radical (unpaired) electrons. The summed E-state index contributed by atoms with van der Waals surface area (Å²) >= 11 is 0. The van der Waals surface area contributed by atoms with E-state index < -0.39 is 0 Å². The number of likely N-dealkylation sites (N-methyl/N-ethyl adjacent to an activating group) is 1. The number of halogens is 1. The van der Waals surface area contributed by atoms with E-state index in [-0.39, 0.29) is 35.4 Å². The number of nitrogens with one attached hydrogen (secondary N) is 2. The first kappa shape index (κ1) is 25.4. The van der Waals surface area contributed by atoms with Crippen LogP contribution in [-0.2, 0) is 12.0 Å². The summed E-state index contributed by atoms with van der Waals surface area (Å²) in [4.78, 5) is 11.2. The molecule has 1 aromatic carbocycles. The molecule has 0 amide bonds. The van der Waals surface area contributed by atoms with Gasteiger partial charge in [-0.2, -0.15) is 4.98 Å². The summed E-state index contributed by atoms with van der Waals surface area (Å²) < 4.78 is 5.34. The molecule has 162 valence electrons. The minimum absolute atomic E-state index is 0. The van der Waals surface area contributed by atoms with E-state index >= 15 is 0 Å². The molecule has 7 nitrogen and oxygen atoms in total. The van der Waals surface area contributed by atoms with Crippen molar-refractivity contribution >= 4 is 29.9 Å². The van der Waals surface area contributed by atoms with E-state index in [0.29, 0.717) is 18.3 Å². The van der Waals surface area contributed by atoms with Gasteiger partial charge in [0.15, 0.2) is 11.8 Å². The molecule has 1 heterocycles. The predicted molar refractivity (Wildman–Crippen MR) is 129 cm³/mol. The molecular formula is C21H35IN6O. The monoisotopic (exact) mass is 514 g/mol. The number of guanidine groups is 1. The van der Waals surface area contributed by atoms with Gasteiger partial charge in [0.1, 0.15) is 0 Å². The summed E-state index contributed by atoms with van der Waals surface area (Å²) in [6.45, 7) is 13.7. The van der Waals surface area contributed by atoms with E-state index in [1.165, 1.54) is 5.56 Å². The van der Waals surface area contributed by atoms with Crippen molar-refractivity contribution in [2.24, 2.45) is 4.99 Å². The van der Waals surface area contributed by atoms with Gasteiger partial charge in [0, 0.05) is 19.0 Å². The molecule has 0 saturated carbocycles.